The fourth-order valence-corrected chi connectivity index (χ4v) is 3.48. The SMILES string of the molecule is COCCC1(C(=O)N2CCOC(CC(=O)O)C2)CCCC1. The Morgan fingerprint density at radius 3 is 2.71 bits per heavy atom. The Bertz CT molecular complexity index is 378. The van der Waals surface area contributed by atoms with Crippen molar-refractivity contribution in [2.45, 2.75) is 44.6 Å². The van der Waals surface area contributed by atoms with Crippen LogP contribution in [-0.2, 0) is 19.1 Å². The van der Waals surface area contributed by atoms with Crippen LogP contribution in [0.15, 0.2) is 0 Å². The molecule has 1 heterocycles. The van der Waals surface area contributed by atoms with Crippen molar-refractivity contribution in [1.82, 2.24) is 4.90 Å². The fourth-order valence-electron chi connectivity index (χ4n) is 3.48. The molecule has 0 spiro atoms. The molecule has 0 bridgehead atoms. The summed E-state index contributed by atoms with van der Waals surface area (Å²) in [4.78, 5) is 25.5. The Balaban J connectivity index is 2.00. The van der Waals surface area contributed by atoms with Crippen LogP contribution in [0.2, 0.25) is 0 Å². The van der Waals surface area contributed by atoms with Gasteiger partial charge in [0.15, 0.2) is 0 Å². The summed E-state index contributed by atoms with van der Waals surface area (Å²) in [5, 5.41) is 8.87. The summed E-state index contributed by atoms with van der Waals surface area (Å²) in [6.45, 7) is 1.96. The number of carbonyl (C=O) groups is 2. The lowest BCUT2D eigenvalue weighted by Crippen LogP contribution is -2.51. The van der Waals surface area contributed by atoms with Crippen LogP contribution in [0.4, 0.5) is 0 Å². The molecule has 0 radical (unpaired) electrons. The summed E-state index contributed by atoms with van der Waals surface area (Å²) >= 11 is 0. The number of carboxylic acids is 1. The van der Waals surface area contributed by atoms with E-state index >= 15 is 0 Å². The van der Waals surface area contributed by atoms with Crippen molar-refractivity contribution in [2.75, 3.05) is 33.4 Å². The molecule has 1 aliphatic heterocycles. The number of ether oxygens (including phenoxy) is 2. The van der Waals surface area contributed by atoms with Crippen LogP contribution in [-0.4, -0.2) is 61.4 Å². The summed E-state index contributed by atoms with van der Waals surface area (Å²) in [5.74, 6) is -0.722. The molecular formula is C15H25NO5. The molecular weight excluding hydrogens is 274 g/mol. The van der Waals surface area contributed by atoms with E-state index in [2.05, 4.69) is 0 Å². The summed E-state index contributed by atoms with van der Waals surface area (Å²) in [6, 6.07) is 0. The average molecular weight is 299 g/mol. The molecule has 2 aliphatic rings. The van der Waals surface area contributed by atoms with E-state index in [0.717, 1.165) is 32.1 Å². The lowest BCUT2D eigenvalue weighted by molar-refractivity contribution is -0.154. The molecule has 2 fully saturated rings. The quantitative estimate of drug-likeness (QED) is 0.799. The van der Waals surface area contributed by atoms with Gasteiger partial charge in [-0.1, -0.05) is 12.8 Å². The molecule has 1 aliphatic carbocycles. The van der Waals surface area contributed by atoms with E-state index in [4.69, 9.17) is 14.6 Å². The molecule has 120 valence electrons. The van der Waals surface area contributed by atoms with Crippen LogP contribution in [0.1, 0.15) is 38.5 Å². The van der Waals surface area contributed by atoms with E-state index in [1.807, 2.05) is 0 Å². The van der Waals surface area contributed by atoms with E-state index in [9.17, 15) is 9.59 Å². The van der Waals surface area contributed by atoms with Crippen LogP contribution in [0.25, 0.3) is 0 Å². The molecule has 6 nitrogen and oxygen atoms in total. The van der Waals surface area contributed by atoms with Crippen molar-refractivity contribution >= 4 is 11.9 Å². The van der Waals surface area contributed by atoms with Crippen LogP contribution in [0.3, 0.4) is 0 Å². The molecule has 0 aromatic carbocycles. The standard InChI is InChI=1S/C15H25NO5/c1-20-8-6-15(4-2-3-5-15)14(19)16-7-9-21-12(11-16)10-13(17)18/h12H,2-11H2,1H3,(H,17,18). The predicted octanol–water partition coefficient (Wildman–Crippen LogP) is 1.29. The third-order valence-electron chi connectivity index (χ3n) is 4.63. The Morgan fingerprint density at radius 1 is 1.38 bits per heavy atom. The first-order chi connectivity index (χ1) is 10.1. The molecule has 1 unspecified atom stereocenters. The van der Waals surface area contributed by atoms with Gasteiger partial charge in [-0.15, -0.1) is 0 Å². The maximum Gasteiger partial charge on any atom is 0.306 e. The molecule has 1 amide bonds. The van der Waals surface area contributed by atoms with Gasteiger partial charge in [-0.3, -0.25) is 9.59 Å². The number of rotatable bonds is 6. The predicted molar refractivity (Wildman–Crippen MR) is 76.0 cm³/mol. The monoisotopic (exact) mass is 299 g/mol. The molecule has 1 N–H and O–H groups in total. The first-order valence-electron chi connectivity index (χ1n) is 7.69. The van der Waals surface area contributed by atoms with Gasteiger partial charge < -0.3 is 19.5 Å². The molecule has 1 saturated carbocycles. The van der Waals surface area contributed by atoms with Crippen molar-refractivity contribution in [1.29, 1.82) is 0 Å². The van der Waals surface area contributed by atoms with Crippen LogP contribution in [0.5, 0.6) is 0 Å². The van der Waals surface area contributed by atoms with E-state index in [1.165, 1.54) is 0 Å². The van der Waals surface area contributed by atoms with Gasteiger partial charge in [-0.05, 0) is 19.3 Å². The third-order valence-corrected chi connectivity index (χ3v) is 4.63. The Hall–Kier alpha value is -1.14. The maximum atomic E-state index is 12.9. The lowest BCUT2D eigenvalue weighted by atomic mass is 9.81. The molecule has 1 atom stereocenters. The van der Waals surface area contributed by atoms with Gasteiger partial charge in [0.25, 0.3) is 0 Å². The molecule has 2 rings (SSSR count). The van der Waals surface area contributed by atoms with Crippen molar-refractivity contribution in [2.24, 2.45) is 5.41 Å². The van der Waals surface area contributed by atoms with E-state index in [1.54, 1.807) is 12.0 Å². The highest BCUT2D eigenvalue weighted by Crippen LogP contribution is 2.43. The van der Waals surface area contributed by atoms with Gasteiger partial charge in [0.05, 0.1) is 24.5 Å². The fraction of sp³-hybridized carbons (Fsp3) is 0.867. The molecule has 1 saturated heterocycles. The summed E-state index contributed by atoms with van der Waals surface area (Å²) < 4.78 is 10.6. The third kappa shape index (κ3) is 3.95. The maximum absolute atomic E-state index is 12.9. The van der Waals surface area contributed by atoms with Crippen LogP contribution < -0.4 is 0 Å². The minimum Gasteiger partial charge on any atom is -0.481 e. The highest BCUT2D eigenvalue weighted by molar-refractivity contribution is 5.83. The summed E-state index contributed by atoms with van der Waals surface area (Å²) in [6.07, 6.45) is 4.31. The second-order valence-corrected chi connectivity index (χ2v) is 6.07. The number of aliphatic carboxylic acids is 1. The highest BCUT2D eigenvalue weighted by Gasteiger charge is 2.44. The average Bonchev–Trinajstić information content (AvgIpc) is 2.94. The van der Waals surface area contributed by atoms with Crippen molar-refractivity contribution < 1.29 is 24.2 Å². The normalized spacial score (nSPS) is 25.0. The Labute approximate surface area is 125 Å². The number of amides is 1. The van der Waals surface area contributed by atoms with Crippen LogP contribution >= 0.6 is 0 Å². The van der Waals surface area contributed by atoms with Crippen molar-refractivity contribution in [3.63, 3.8) is 0 Å². The van der Waals surface area contributed by atoms with Gasteiger partial charge in [0.2, 0.25) is 5.91 Å². The smallest absolute Gasteiger partial charge is 0.306 e. The zero-order chi connectivity index (χ0) is 15.3. The van der Waals surface area contributed by atoms with E-state index in [-0.39, 0.29) is 23.8 Å². The number of nitrogens with zero attached hydrogens (tertiary/aromatic N) is 1. The second-order valence-electron chi connectivity index (χ2n) is 6.07. The van der Waals surface area contributed by atoms with Crippen molar-refractivity contribution in [3.05, 3.63) is 0 Å². The lowest BCUT2D eigenvalue weighted by Gasteiger charge is -2.38. The van der Waals surface area contributed by atoms with E-state index in [0.29, 0.717) is 26.3 Å². The van der Waals surface area contributed by atoms with Gasteiger partial charge >= 0.3 is 5.97 Å². The number of carbonyl (C=O) groups excluding carboxylic acids is 1. The van der Waals surface area contributed by atoms with Crippen LogP contribution in [0, 0.1) is 5.41 Å². The Morgan fingerprint density at radius 2 is 2.10 bits per heavy atom. The largest absolute Gasteiger partial charge is 0.481 e. The first kappa shape index (κ1) is 16.2. The zero-order valence-corrected chi connectivity index (χ0v) is 12.7. The first-order valence-corrected chi connectivity index (χ1v) is 7.69. The molecule has 0 aromatic rings. The number of hydrogen-bond donors (Lipinski definition) is 1. The number of morpholine rings is 1. The van der Waals surface area contributed by atoms with Crippen molar-refractivity contribution in [3.8, 4) is 0 Å². The second kappa shape index (κ2) is 7.22. The van der Waals surface area contributed by atoms with E-state index < -0.39 is 5.97 Å². The number of carboxylic acid groups (broad SMARTS) is 1. The van der Waals surface area contributed by atoms with Gasteiger partial charge in [-0.25, -0.2) is 0 Å². The topological polar surface area (TPSA) is 76.1 Å². The molecule has 21 heavy (non-hydrogen) atoms. The summed E-state index contributed by atoms with van der Waals surface area (Å²) in [5.41, 5.74) is -0.304. The number of methoxy groups -OCH3 is 1. The van der Waals surface area contributed by atoms with Gasteiger partial charge in [-0.2, -0.15) is 0 Å². The molecule has 0 aromatic heterocycles. The zero-order valence-electron chi connectivity index (χ0n) is 12.7. The van der Waals surface area contributed by atoms with Gasteiger partial charge in [0, 0.05) is 26.8 Å². The Kier molecular flexibility index (Phi) is 5.58. The number of hydrogen-bond acceptors (Lipinski definition) is 4. The highest BCUT2D eigenvalue weighted by atomic mass is 16.5. The minimum absolute atomic E-state index is 0.0468. The summed E-state index contributed by atoms with van der Waals surface area (Å²) in [7, 11) is 1.66. The molecule has 6 heteroatoms. The van der Waals surface area contributed by atoms with Gasteiger partial charge in [0.1, 0.15) is 0 Å². The minimum atomic E-state index is -0.885.